The molecule has 5 aromatic rings. The monoisotopic (exact) mass is 651 g/mol. The van der Waals surface area contributed by atoms with Crippen LogP contribution in [0.5, 0.6) is 5.75 Å². The molecule has 4 aromatic heterocycles. The molecule has 2 bridgehead atoms. The first-order valence-electron chi connectivity index (χ1n) is 16.6. The van der Waals surface area contributed by atoms with Crippen LogP contribution < -0.4 is 0 Å². The fourth-order valence-corrected chi connectivity index (χ4v) is 7.95. The molecule has 2 unspecified atom stereocenters. The lowest BCUT2D eigenvalue weighted by atomic mass is 9.98. The lowest BCUT2D eigenvalue weighted by Crippen LogP contribution is -2.55. The van der Waals surface area contributed by atoms with Crippen molar-refractivity contribution in [2.75, 3.05) is 6.54 Å². The molecule has 5 heterocycles. The number of benzene rings is 1. The predicted molar refractivity (Wildman–Crippen MR) is 177 cm³/mol. The average Bonchev–Trinajstić information content (AvgIpc) is 3.38. The first-order valence-corrected chi connectivity index (χ1v) is 16.6. The second-order valence-corrected chi connectivity index (χ2v) is 14.6. The number of hydrogen-bond acceptors (Lipinski definition) is 6. The molecule has 2 aliphatic carbocycles. The molecule has 48 heavy (non-hydrogen) atoms. The van der Waals surface area contributed by atoms with E-state index < -0.39 is 23.2 Å². The zero-order valence-electron chi connectivity index (χ0n) is 27.4. The van der Waals surface area contributed by atoms with Gasteiger partial charge in [0.25, 0.3) is 5.91 Å². The summed E-state index contributed by atoms with van der Waals surface area (Å²) >= 11 is 0. The second kappa shape index (κ2) is 10.8. The Balaban J connectivity index is 1.15. The van der Waals surface area contributed by atoms with Crippen molar-refractivity contribution >= 4 is 28.7 Å². The summed E-state index contributed by atoms with van der Waals surface area (Å²) in [5.74, 6) is -0.691. The molecule has 1 aromatic carbocycles. The third kappa shape index (κ3) is 4.79. The Labute approximate surface area is 276 Å². The normalized spacial score (nSPS) is 20.7. The van der Waals surface area contributed by atoms with Gasteiger partial charge in [-0.2, -0.15) is 5.10 Å². The van der Waals surface area contributed by atoms with Gasteiger partial charge in [-0.3, -0.25) is 9.69 Å². The number of carboxylic acid groups (broad SMARTS) is 1. The van der Waals surface area contributed by atoms with Crippen LogP contribution in [0.25, 0.3) is 39.3 Å². The van der Waals surface area contributed by atoms with E-state index in [1.807, 2.05) is 44.7 Å². The zero-order valence-corrected chi connectivity index (χ0v) is 27.4. The summed E-state index contributed by atoms with van der Waals surface area (Å²) in [6, 6.07) is 9.80. The number of fused-ring (bicyclic) bond motifs is 4. The summed E-state index contributed by atoms with van der Waals surface area (Å²) < 4.78 is 18.6. The van der Waals surface area contributed by atoms with Gasteiger partial charge in [-0.25, -0.2) is 23.7 Å². The molecule has 8 rings (SSSR count). The number of carbonyl (C=O) groups is 2. The lowest BCUT2D eigenvalue weighted by Gasteiger charge is -2.40. The third-order valence-corrected chi connectivity index (χ3v) is 10.4. The van der Waals surface area contributed by atoms with Crippen molar-refractivity contribution in [1.29, 1.82) is 0 Å². The van der Waals surface area contributed by atoms with Crippen molar-refractivity contribution in [2.24, 2.45) is 11.8 Å². The zero-order chi connectivity index (χ0) is 33.6. The summed E-state index contributed by atoms with van der Waals surface area (Å²) in [5.41, 5.74) is 4.26. The van der Waals surface area contributed by atoms with Crippen LogP contribution in [0.2, 0.25) is 0 Å². The SMILES string of the molecule is Cc1c(-c2cc3ccc(-c4cccc(O)c4F)nc3n2CC2CC2)nn2cc(C(=O)N3CC4CCC3[C@@H]4N(C(=O)O)C(C)(C)C)cnc12. The maximum absolute atomic E-state index is 14.8. The van der Waals surface area contributed by atoms with Crippen molar-refractivity contribution in [3.63, 3.8) is 0 Å². The van der Waals surface area contributed by atoms with Crippen LogP contribution in [0.3, 0.4) is 0 Å². The van der Waals surface area contributed by atoms with Crippen molar-refractivity contribution in [3.05, 3.63) is 65.7 Å². The summed E-state index contributed by atoms with van der Waals surface area (Å²) in [4.78, 5) is 39.2. The van der Waals surface area contributed by atoms with Crippen molar-refractivity contribution in [3.8, 4) is 28.4 Å². The van der Waals surface area contributed by atoms with Crippen LogP contribution in [-0.2, 0) is 6.54 Å². The van der Waals surface area contributed by atoms with Crippen LogP contribution in [-0.4, -0.2) is 80.3 Å². The van der Waals surface area contributed by atoms with Gasteiger partial charge in [-0.1, -0.05) is 6.07 Å². The van der Waals surface area contributed by atoms with Crippen molar-refractivity contribution in [2.45, 2.75) is 77.5 Å². The molecule has 1 aliphatic heterocycles. The summed E-state index contributed by atoms with van der Waals surface area (Å²) in [6.45, 7) is 8.90. The van der Waals surface area contributed by atoms with E-state index >= 15 is 0 Å². The summed E-state index contributed by atoms with van der Waals surface area (Å²) in [7, 11) is 0. The molecule has 3 fully saturated rings. The number of aromatic hydroxyl groups is 1. The van der Waals surface area contributed by atoms with E-state index in [1.165, 1.54) is 11.0 Å². The Hall–Kier alpha value is -5.00. The van der Waals surface area contributed by atoms with Crippen LogP contribution in [0.4, 0.5) is 9.18 Å². The Bertz CT molecular complexity index is 2130. The number of halogens is 1. The highest BCUT2D eigenvalue weighted by Crippen LogP contribution is 2.44. The Morgan fingerprint density at radius 1 is 1.08 bits per heavy atom. The van der Waals surface area contributed by atoms with Crippen LogP contribution >= 0.6 is 0 Å². The molecule has 3 atom stereocenters. The maximum atomic E-state index is 14.8. The number of nitrogens with zero attached hydrogens (tertiary/aromatic N) is 7. The quantitative estimate of drug-likeness (QED) is 0.219. The van der Waals surface area contributed by atoms with Gasteiger partial charge in [0.05, 0.1) is 29.0 Å². The first kappa shape index (κ1) is 30.3. The minimum Gasteiger partial charge on any atom is -0.505 e. The number of pyridine rings is 1. The molecule has 3 aliphatic rings. The Kier molecular flexibility index (Phi) is 6.80. The van der Waals surface area contributed by atoms with Gasteiger partial charge in [0.2, 0.25) is 0 Å². The number of aromatic nitrogens is 5. The number of carbonyl (C=O) groups excluding carboxylic acids is 1. The fourth-order valence-electron chi connectivity index (χ4n) is 7.95. The van der Waals surface area contributed by atoms with Crippen LogP contribution in [0.15, 0.2) is 48.8 Å². The molecule has 248 valence electrons. The van der Waals surface area contributed by atoms with Crippen LogP contribution in [0, 0.1) is 24.6 Å². The fraction of sp³-hybridized carbons (Fsp3) is 0.417. The highest BCUT2D eigenvalue weighted by atomic mass is 19.1. The molecule has 0 radical (unpaired) electrons. The van der Waals surface area contributed by atoms with E-state index in [1.54, 1.807) is 35.1 Å². The standard InChI is InChI=1S/C36H38FN7O4/c1-19-30(27-14-21-10-12-25(24-6-5-7-28(45)29(24)37)39-33(21)41(27)16-20-8-9-20)40-43-18-23(15-38-32(19)43)34(46)42-17-22-11-13-26(42)31(22)44(35(47)48)36(2,3)4/h5-7,10,12,14-15,18,20,22,26,31,45H,8-9,11,13,16-17H2,1-4H3,(H,47,48)/t22?,26?,31-/m1/s1. The summed E-state index contributed by atoms with van der Waals surface area (Å²) in [5, 5.41) is 25.9. The Morgan fingerprint density at radius 2 is 1.88 bits per heavy atom. The molecule has 2 N–H and O–H groups in total. The minimum absolute atomic E-state index is 0.0936. The average molecular weight is 652 g/mol. The molecule has 1 saturated heterocycles. The number of piperidine rings is 1. The number of likely N-dealkylation sites (tertiary alicyclic amines) is 1. The molecular weight excluding hydrogens is 613 g/mol. The van der Waals surface area contributed by atoms with Crippen LogP contribution in [0.1, 0.15) is 62.4 Å². The first-order chi connectivity index (χ1) is 22.9. The number of amides is 2. The number of aryl methyl sites for hydroxylation is 1. The topological polar surface area (TPSA) is 129 Å². The van der Waals surface area contributed by atoms with Gasteiger partial charge in [0.1, 0.15) is 11.3 Å². The van der Waals surface area contributed by atoms with Gasteiger partial charge in [0, 0.05) is 47.5 Å². The Morgan fingerprint density at radius 3 is 2.60 bits per heavy atom. The third-order valence-electron chi connectivity index (χ3n) is 10.4. The van der Waals surface area contributed by atoms with Crippen molar-refractivity contribution in [1.82, 2.24) is 33.9 Å². The number of phenolic OH excluding ortho intramolecular Hbond substituents is 1. The lowest BCUT2D eigenvalue weighted by molar-refractivity contribution is 0.0503. The molecular formula is C36H38FN7O4. The number of hydrogen-bond donors (Lipinski definition) is 2. The smallest absolute Gasteiger partial charge is 0.408 e. The van der Waals surface area contributed by atoms with E-state index in [9.17, 15) is 24.2 Å². The molecule has 12 heteroatoms. The molecule has 2 amide bonds. The van der Waals surface area contributed by atoms with Gasteiger partial charge in [-0.15, -0.1) is 0 Å². The van der Waals surface area contributed by atoms with Gasteiger partial charge in [-0.05, 0) is 95.5 Å². The maximum Gasteiger partial charge on any atom is 0.408 e. The van der Waals surface area contributed by atoms with E-state index in [2.05, 4.69) is 9.55 Å². The van der Waals surface area contributed by atoms with E-state index in [-0.39, 0.29) is 29.5 Å². The molecule has 2 saturated carbocycles. The predicted octanol–water partition coefficient (Wildman–Crippen LogP) is 6.36. The van der Waals surface area contributed by atoms with Crippen molar-refractivity contribution < 1.29 is 24.2 Å². The van der Waals surface area contributed by atoms with Gasteiger partial charge >= 0.3 is 6.09 Å². The highest BCUT2D eigenvalue weighted by Gasteiger charge is 2.54. The largest absolute Gasteiger partial charge is 0.505 e. The van der Waals surface area contributed by atoms with Gasteiger partial charge in [0.15, 0.2) is 17.2 Å². The number of rotatable bonds is 6. The van der Waals surface area contributed by atoms with Gasteiger partial charge < -0.3 is 19.7 Å². The second-order valence-electron chi connectivity index (χ2n) is 14.6. The van der Waals surface area contributed by atoms with E-state index in [0.29, 0.717) is 35.0 Å². The molecule has 0 spiro atoms. The minimum atomic E-state index is -0.960. The number of phenols is 1. The van der Waals surface area contributed by atoms with E-state index in [4.69, 9.17) is 10.1 Å². The highest BCUT2D eigenvalue weighted by molar-refractivity contribution is 5.95. The molecule has 11 nitrogen and oxygen atoms in total. The van der Waals surface area contributed by atoms with E-state index in [0.717, 1.165) is 54.6 Å². The summed E-state index contributed by atoms with van der Waals surface area (Å²) in [6.07, 6.45) is 6.25.